The molecule has 154 valence electrons. The molecule has 6 heteroatoms. The van der Waals surface area contributed by atoms with Crippen LogP contribution in [0.4, 0.5) is 11.4 Å². The maximum Gasteiger partial charge on any atom is 0.309 e. The predicted octanol–water partition coefficient (Wildman–Crippen LogP) is 4.47. The first-order chi connectivity index (χ1) is 14.1. The van der Waals surface area contributed by atoms with Crippen LogP contribution in [0.15, 0.2) is 79.1 Å². The molecule has 0 aliphatic carbocycles. The zero-order valence-corrected chi connectivity index (χ0v) is 17.6. The number of pyridine rings is 1. The van der Waals surface area contributed by atoms with Gasteiger partial charge >= 0.3 is 5.97 Å². The Morgan fingerprint density at radius 3 is 2.33 bits per heavy atom. The van der Waals surface area contributed by atoms with Crippen molar-refractivity contribution in [3.63, 3.8) is 0 Å². The zero-order valence-electron chi connectivity index (χ0n) is 16.8. The molecule has 1 aromatic heterocycles. The minimum atomic E-state index is -1.07. The lowest BCUT2D eigenvalue weighted by Crippen LogP contribution is -2.48. The van der Waals surface area contributed by atoms with Crippen LogP contribution in [0.1, 0.15) is 18.1 Å². The van der Waals surface area contributed by atoms with Crippen molar-refractivity contribution in [2.24, 2.45) is 5.92 Å². The Balaban J connectivity index is 0.00000256. The number of nitrogens with zero attached hydrogens (tertiary/aromatic N) is 2. The highest BCUT2D eigenvalue weighted by Crippen LogP contribution is 2.51. The number of hydrogen-bond acceptors (Lipinski definition) is 4. The maximum absolute atomic E-state index is 14.1. The Morgan fingerprint density at radius 1 is 1.03 bits per heavy atom. The molecule has 2 atom stereocenters. The molecule has 0 bridgehead atoms. The largest absolute Gasteiger partial charge is 0.469 e. The number of carbonyl (C=O) groups excluding carboxylic acids is 2. The summed E-state index contributed by atoms with van der Waals surface area (Å²) in [5.74, 6) is -1.19. The van der Waals surface area contributed by atoms with Crippen LogP contribution in [0.3, 0.4) is 0 Å². The average molecular weight is 423 g/mol. The second-order valence-corrected chi connectivity index (χ2v) is 7.24. The first-order valence-corrected chi connectivity index (χ1v) is 9.55. The van der Waals surface area contributed by atoms with Crippen molar-refractivity contribution in [3.05, 3.63) is 90.3 Å². The summed E-state index contributed by atoms with van der Waals surface area (Å²) in [5.41, 5.74) is 2.28. The number of amides is 1. The SMILES string of the molecule is COC(=O)C(C)C1(Cc2ccncc2)C(=O)N(c2ccccc2)c2ccccc21.Cl. The Kier molecular flexibility index (Phi) is 6.22. The van der Waals surface area contributed by atoms with Gasteiger partial charge in [-0.2, -0.15) is 0 Å². The highest BCUT2D eigenvalue weighted by atomic mass is 35.5. The van der Waals surface area contributed by atoms with Gasteiger partial charge in [-0.1, -0.05) is 43.3 Å². The quantitative estimate of drug-likeness (QED) is 0.569. The van der Waals surface area contributed by atoms with E-state index in [1.165, 1.54) is 7.11 Å². The standard InChI is InChI=1S/C24H22N2O3.ClH/c1-17(22(27)29-2)24(16-18-12-14-25-15-13-18)20-10-6-7-11-21(20)26(23(24)28)19-8-4-3-5-9-19;/h3-15,17H,16H2,1-2H3;1H. The number of ether oxygens (including phenoxy) is 1. The molecule has 1 amide bonds. The second-order valence-electron chi connectivity index (χ2n) is 7.24. The molecule has 1 aliphatic heterocycles. The van der Waals surface area contributed by atoms with Crippen LogP contribution in [0, 0.1) is 5.92 Å². The number of methoxy groups -OCH3 is 1. The number of esters is 1. The number of aromatic nitrogens is 1. The summed E-state index contributed by atoms with van der Waals surface area (Å²) in [6, 6.07) is 21.0. The molecule has 1 aliphatic rings. The summed E-state index contributed by atoms with van der Waals surface area (Å²) >= 11 is 0. The smallest absolute Gasteiger partial charge is 0.309 e. The minimum absolute atomic E-state index is 0. The van der Waals surface area contributed by atoms with E-state index >= 15 is 0 Å². The summed E-state index contributed by atoms with van der Waals surface area (Å²) < 4.78 is 5.07. The van der Waals surface area contributed by atoms with Gasteiger partial charge in [0.05, 0.1) is 24.1 Å². The van der Waals surface area contributed by atoms with Crippen LogP contribution < -0.4 is 4.90 Å². The molecule has 0 N–H and O–H groups in total. The van der Waals surface area contributed by atoms with Gasteiger partial charge < -0.3 is 4.74 Å². The topological polar surface area (TPSA) is 59.5 Å². The summed E-state index contributed by atoms with van der Waals surface area (Å²) in [5, 5.41) is 0. The normalized spacial score (nSPS) is 18.3. The molecule has 0 saturated carbocycles. The number of fused-ring (bicyclic) bond motifs is 1. The molecule has 4 rings (SSSR count). The first kappa shape index (κ1) is 21.5. The van der Waals surface area contributed by atoms with Crippen molar-refractivity contribution in [2.45, 2.75) is 18.8 Å². The Hall–Kier alpha value is -3.18. The van der Waals surface area contributed by atoms with Crippen LogP contribution in [0.25, 0.3) is 0 Å². The van der Waals surface area contributed by atoms with Gasteiger partial charge in [-0.3, -0.25) is 19.5 Å². The van der Waals surface area contributed by atoms with Crippen LogP contribution in [0.5, 0.6) is 0 Å². The average Bonchev–Trinajstić information content (AvgIpc) is 3.02. The minimum Gasteiger partial charge on any atom is -0.469 e. The highest BCUT2D eigenvalue weighted by Gasteiger charge is 2.56. The molecule has 30 heavy (non-hydrogen) atoms. The summed E-state index contributed by atoms with van der Waals surface area (Å²) in [6.07, 6.45) is 3.78. The monoisotopic (exact) mass is 422 g/mol. The number of para-hydroxylation sites is 2. The molecule has 2 aromatic carbocycles. The van der Waals surface area contributed by atoms with E-state index in [9.17, 15) is 9.59 Å². The van der Waals surface area contributed by atoms with Crippen LogP contribution >= 0.6 is 12.4 Å². The number of benzene rings is 2. The van der Waals surface area contributed by atoms with Gasteiger partial charge in [0.15, 0.2) is 0 Å². The Bertz CT molecular complexity index is 1040. The van der Waals surface area contributed by atoms with E-state index in [1.807, 2.05) is 66.7 Å². The summed E-state index contributed by atoms with van der Waals surface area (Å²) in [7, 11) is 1.36. The van der Waals surface area contributed by atoms with E-state index in [1.54, 1.807) is 24.2 Å². The lowest BCUT2D eigenvalue weighted by molar-refractivity contribution is -0.150. The van der Waals surface area contributed by atoms with Gasteiger partial charge in [-0.05, 0) is 47.9 Å². The fourth-order valence-corrected chi connectivity index (χ4v) is 4.25. The van der Waals surface area contributed by atoms with Crippen LogP contribution in [0.2, 0.25) is 0 Å². The van der Waals surface area contributed by atoms with Crippen LogP contribution in [-0.4, -0.2) is 24.0 Å². The van der Waals surface area contributed by atoms with Gasteiger partial charge in [-0.15, -0.1) is 12.4 Å². The lowest BCUT2D eigenvalue weighted by atomic mass is 9.68. The van der Waals surface area contributed by atoms with Crippen molar-refractivity contribution < 1.29 is 14.3 Å². The number of carbonyl (C=O) groups is 2. The maximum atomic E-state index is 14.1. The van der Waals surface area contributed by atoms with Crippen molar-refractivity contribution in [1.82, 2.24) is 4.98 Å². The van der Waals surface area contributed by atoms with Crippen LogP contribution in [-0.2, 0) is 26.2 Å². The molecule has 2 unspecified atom stereocenters. The highest BCUT2D eigenvalue weighted by molar-refractivity contribution is 6.14. The number of anilines is 2. The number of hydrogen-bond donors (Lipinski definition) is 0. The van der Waals surface area contributed by atoms with Crippen molar-refractivity contribution in [1.29, 1.82) is 0 Å². The first-order valence-electron chi connectivity index (χ1n) is 9.55. The van der Waals surface area contributed by atoms with E-state index in [0.29, 0.717) is 6.42 Å². The molecule has 2 heterocycles. The van der Waals surface area contributed by atoms with E-state index in [0.717, 1.165) is 22.5 Å². The van der Waals surface area contributed by atoms with E-state index in [-0.39, 0.29) is 18.3 Å². The number of rotatable bonds is 5. The molecule has 3 aromatic rings. The Labute approximate surface area is 182 Å². The van der Waals surface area contributed by atoms with Crippen molar-refractivity contribution >= 4 is 35.7 Å². The molecule has 0 spiro atoms. The van der Waals surface area contributed by atoms with Gasteiger partial charge in [-0.25, -0.2) is 0 Å². The molecular formula is C24H23ClN2O3. The van der Waals surface area contributed by atoms with Crippen molar-refractivity contribution in [2.75, 3.05) is 12.0 Å². The molecular weight excluding hydrogens is 400 g/mol. The van der Waals surface area contributed by atoms with Gasteiger partial charge in [0.2, 0.25) is 5.91 Å². The third-order valence-electron chi connectivity index (χ3n) is 5.75. The molecule has 0 radical (unpaired) electrons. The van der Waals surface area contributed by atoms with E-state index in [4.69, 9.17) is 4.74 Å². The number of halogens is 1. The van der Waals surface area contributed by atoms with Gasteiger partial charge in [0, 0.05) is 18.1 Å². The molecule has 0 fully saturated rings. The second kappa shape index (κ2) is 8.67. The fraction of sp³-hybridized carbons (Fsp3) is 0.208. The summed E-state index contributed by atoms with van der Waals surface area (Å²) in [4.78, 5) is 32.5. The third-order valence-corrected chi connectivity index (χ3v) is 5.75. The van der Waals surface area contributed by atoms with E-state index in [2.05, 4.69) is 4.98 Å². The summed E-state index contributed by atoms with van der Waals surface area (Å²) in [6.45, 7) is 1.77. The molecule has 5 nitrogen and oxygen atoms in total. The zero-order chi connectivity index (χ0) is 20.4. The van der Waals surface area contributed by atoms with Crippen molar-refractivity contribution in [3.8, 4) is 0 Å². The fourth-order valence-electron chi connectivity index (χ4n) is 4.25. The Morgan fingerprint density at radius 2 is 1.67 bits per heavy atom. The van der Waals surface area contributed by atoms with Gasteiger partial charge in [0.25, 0.3) is 0 Å². The molecule has 0 saturated heterocycles. The lowest BCUT2D eigenvalue weighted by Gasteiger charge is -2.33. The predicted molar refractivity (Wildman–Crippen MR) is 118 cm³/mol. The van der Waals surface area contributed by atoms with E-state index < -0.39 is 17.3 Å². The van der Waals surface area contributed by atoms with Gasteiger partial charge in [0.1, 0.15) is 0 Å². The third kappa shape index (κ3) is 3.35.